The maximum absolute atomic E-state index is 11.2. The number of imidazole rings is 1. The normalized spacial score (nSPS) is 12.2. The summed E-state index contributed by atoms with van der Waals surface area (Å²) >= 11 is 0. The average Bonchev–Trinajstić information content (AvgIpc) is 2.66. The maximum atomic E-state index is 11.2. The summed E-state index contributed by atoms with van der Waals surface area (Å²) in [6, 6.07) is 6.11. The number of aromatic nitrogens is 2. The fraction of sp³-hybridized carbons (Fsp3) is 0.533. The molecule has 0 spiro atoms. The van der Waals surface area contributed by atoms with Crippen LogP contribution in [0.1, 0.15) is 39.2 Å². The van der Waals surface area contributed by atoms with E-state index in [4.69, 9.17) is 0 Å². The molecular weight excluding hydrogens is 238 g/mol. The van der Waals surface area contributed by atoms with Crippen LogP contribution in [0.4, 0.5) is 0 Å². The van der Waals surface area contributed by atoms with Crippen molar-refractivity contribution in [1.82, 2.24) is 15.3 Å². The highest BCUT2D eigenvalue weighted by Crippen LogP contribution is 2.12. The second-order valence-corrected chi connectivity index (χ2v) is 6.09. The first-order valence-electron chi connectivity index (χ1n) is 6.90. The molecule has 2 rings (SSSR count). The molecule has 0 bridgehead atoms. The van der Waals surface area contributed by atoms with Crippen molar-refractivity contribution in [3.8, 4) is 0 Å². The van der Waals surface area contributed by atoms with Crippen LogP contribution in [0.3, 0.4) is 0 Å². The Bertz CT molecular complexity index is 589. The summed E-state index contributed by atoms with van der Waals surface area (Å²) in [5, 5.41) is 3.49. The average molecular weight is 261 g/mol. The first-order valence-corrected chi connectivity index (χ1v) is 6.90. The molecule has 0 aliphatic carbocycles. The zero-order chi connectivity index (χ0) is 13.9. The second-order valence-electron chi connectivity index (χ2n) is 6.09. The highest BCUT2D eigenvalue weighted by Gasteiger charge is 2.07. The largest absolute Gasteiger partial charge is 0.323 e. The van der Waals surface area contributed by atoms with Crippen LogP contribution in [-0.2, 0) is 6.42 Å². The molecule has 0 amide bonds. The minimum Gasteiger partial charge on any atom is -0.312 e. The van der Waals surface area contributed by atoms with Crippen molar-refractivity contribution in [1.29, 1.82) is 0 Å². The molecule has 0 aliphatic rings. The third kappa shape index (κ3) is 4.24. The van der Waals surface area contributed by atoms with Gasteiger partial charge < -0.3 is 15.3 Å². The zero-order valence-corrected chi connectivity index (χ0v) is 12.0. The third-order valence-electron chi connectivity index (χ3n) is 3.13. The Kier molecular flexibility index (Phi) is 4.10. The van der Waals surface area contributed by atoms with Crippen molar-refractivity contribution < 1.29 is 0 Å². The van der Waals surface area contributed by atoms with Gasteiger partial charge in [-0.1, -0.05) is 6.07 Å². The Hall–Kier alpha value is -1.55. The van der Waals surface area contributed by atoms with E-state index in [-0.39, 0.29) is 11.2 Å². The van der Waals surface area contributed by atoms with Crippen LogP contribution in [0.25, 0.3) is 11.0 Å². The van der Waals surface area contributed by atoms with Crippen LogP contribution in [0.15, 0.2) is 23.0 Å². The Morgan fingerprint density at radius 2 is 1.84 bits per heavy atom. The Balaban J connectivity index is 1.83. The Morgan fingerprint density at radius 1 is 1.11 bits per heavy atom. The van der Waals surface area contributed by atoms with E-state index in [1.807, 2.05) is 6.07 Å². The van der Waals surface area contributed by atoms with Gasteiger partial charge in [0.2, 0.25) is 0 Å². The van der Waals surface area contributed by atoms with E-state index in [1.54, 1.807) is 0 Å². The minimum absolute atomic E-state index is 0.137. The molecule has 0 fully saturated rings. The summed E-state index contributed by atoms with van der Waals surface area (Å²) in [5.41, 5.74) is 3.11. The van der Waals surface area contributed by atoms with Crippen molar-refractivity contribution in [3.05, 3.63) is 34.2 Å². The van der Waals surface area contributed by atoms with Gasteiger partial charge in [0, 0.05) is 5.54 Å². The first kappa shape index (κ1) is 13.9. The van der Waals surface area contributed by atoms with Crippen LogP contribution in [0, 0.1) is 0 Å². The molecule has 0 unspecified atom stereocenters. The van der Waals surface area contributed by atoms with E-state index in [2.05, 4.69) is 48.2 Å². The lowest BCUT2D eigenvalue weighted by Crippen LogP contribution is -2.36. The number of fused-ring (bicyclic) bond motifs is 1. The van der Waals surface area contributed by atoms with Crippen molar-refractivity contribution >= 4 is 11.0 Å². The van der Waals surface area contributed by atoms with Crippen molar-refractivity contribution in [3.63, 3.8) is 0 Å². The van der Waals surface area contributed by atoms with Gasteiger partial charge in [0.25, 0.3) is 0 Å². The lowest BCUT2D eigenvalue weighted by Gasteiger charge is -2.20. The van der Waals surface area contributed by atoms with Gasteiger partial charge in [-0.15, -0.1) is 0 Å². The van der Waals surface area contributed by atoms with E-state index < -0.39 is 0 Å². The maximum Gasteiger partial charge on any atom is 0.323 e. The number of unbranched alkanes of at least 4 members (excludes halogenated alkanes) is 1. The summed E-state index contributed by atoms with van der Waals surface area (Å²) in [4.78, 5) is 16.7. The van der Waals surface area contributed by atoms with Gasteiger partial charge in [-0.25, -0.2) is 4.79 Å². The van der Waals surface area contributed by atoms with Gasteiger partial charge in [-0.05, 0) is 64.3 Å². The quantitative estimate of drug-likeness (QED) is 0.724. The standard InChI is InChI=1S/C15H23N3O/c1-15(2,3)16-9-5-4-6-11-7-8-12-13(10-11)18-14(19)17-12/h7-8,10,16H,4-6,9H2,1-3H3,(H2,17,18,19). The highest BCUT2D eigenvalue weighted by atomic mass is 16.1. The molecule has 0 saturated carbocycles. The van der Waals surface area contributed by atoms with Gasteiger partial charge in [0.15, 0.2) is 0 Å². The number of benzene rings is 1. The molecule has 1 heterocycles. The molecule has 0 aliphatic heterocycles. The lowest BCUT2D eigenvalue weighted by molar-refractivity contribution is 0.419. The minimum atomic E-state index is -0.137. The Morgan fingerprint density at radius 3 is 2.58 bits per heavy atom. The number of aromatic amines is 2. The van der Waals surface area contributed by atoms with E-state index in [0.717, 1.165) is 30.4 Å². The van der Waals surface area contributed by atoms with Gasteiger partial charge in [-0.3, -0.25) is 0 Å². The number of H-pyrrole nitrogens is 2. The van der Waals surface area contributed by atoms with Crippen LogP contribution in [0.2, 0.25) is 0 Å². The molecular formula is C15H23N3O. The van der Waals surface area contributed by atoms with Gasteiger partial charge in [-0.2, -0.15) is 0 Å². The lowest BCUT2D eigenvalue weighted by atomic mass is 10.1. The van der Waals surface area contributed by atoms with E-state index >= 15 is 0 Å². The SMILES string of the molecule is CC(C)(C)NCCCCc1ccc2[nH]c(=O)[nH]c2c1. The summed E-state index contributed by atoms with van der Waals surface area (Å²) in [5.74, 6) is 0. The number of hydrogen-bond donors (Lipinski definition) is 3. The summed E-state index contributed by atoms with van der Waals surface area (Å²) in [6.45, 7) is 7.60. The van der Waals surface area contributed by atoms with E-state index in [1.165, 1.54) is 12.0 Å². The van der Waals surface area contributed by atoms with Crippen LogP contribution in [0.5, 0.6) is 0 Å². The first-order chi connectivity index (χ1) is 8.94. The molecule has 2 aromatic rings. The van der Waals surface area contributed by atoms with Crippen molar-refractivity contribution in [2.75, 3.05) is 6.54 Å². The zero-order valence-electron chi connectivity index (χ0n) is 12.0. The number of nitrogens with one attached hydrogen (secondary N) is 3. The fourth-order valence-corrected chi connectivity index (χ4v) is 2.15. The predicted octanol–water partition coefficient (Wildman–Crippen LogP) is 2.57. The molecule has 1 aromatic heterocycles. The molecule has 1 aromatic carbocycles. The third-order valence-corrected chi connectivity index (χ3v) is 3.13. The van der Waals surface area contributed by atoms with Gasteiger partial charge in [0.05, 0.1) is 11.0 Å². The van der Waals surface area contributed by atoms with E-state index in [9.17, 15) is 4.79 Å². The molecule has 19 heavy (non-hydrogen) atoms. The summed E-state index contributed by atoms with van der Waals surface area (Å²) in [6.07, 6.45) is 3.37. The fourth-order valence-electron chi connectivity index (χ4n) is 2.15. The Labute approximate surface area is 113 Å². The second kappa shape index (κ2) is 5.61. The molecule has 0 atom stereocenters. The topological polar surface area (TPSA) is 60.7 Å². The van der Waals surface area contributed by atoms with Crippen LogP contribution in [-0.4, -0.2) is 22.1 Å². The molecule has 0 saturated heterocycles. The molecule has 104 valence electrons. The van der Waals surface area contributed by atoms with Crippen LogP contribution >= 0.6 is 0 Å². The molecule has 4 nitrogen and oxygen atoms in total. The number of hydrogen-bond acceptors (Lipinski definition) is 2. The predicted molar refractivity (Wildman–Crippen MR) is 79.6 cm³/mol. The number of aryl methyl sites for hydroxylation is 1. The van der Waals surface area contributed by atoms with Crippen molar-refractivity contribution in [2.24, 2.45) is 0 Å². The van der Waals surface area contributed by atoms with Gasteiger partial charge in [0.1, 0.15) is 0 Å². The summed E-state index contributed by atoms with van der Waals surface area (Å²) < 4.78 is 0. The van der Waals surface area contributed by atoms with Crippen molar-refractivity contribution in [2.45, 2.75) is 45.6 Å². The summed E-state index contributed by atoms with van der Waals surface area (Å²) in [7, 11) is 0. The monoisotopic (exact) mass is 261 g/mol. The molecule has 0 radical (unpaired) electrons. The van der Waals surface area contributed by atoms with Gasteiger partial charge >= 0.3 is 5.69 Å². The van der Waals surface area contributed by atoms with Crippen LogP contribution < -0.4 is 11.0 Å². The molecule has 4 heteroatoms. The smallest absolute Gasteiger partial charge is 0.312 e. The molecule has 3 N–H and O–H groups in total. The number of rotatable bonds is 5. The highest BCUT2D eigenvalue weighted by molar-refractivity contribution is 5.74. The van der Waals surface area contributed by atoms with E-state index in [0.29, 0.717) is 0 Å².